The topological polar surface area (TPSA) is 41.5 Å². The number of hydrogen-bond acceptors (Lipinski definition) is 3. The fourth-order valence-electron chi connectivity index (χ4n) is 2.60. The van der Waals surface area contributed by atoms with Crippen molar-refractivity contribution in [2.45, 2.75) is 19.2 Å². The minimum absolute atomic E-state index is 0.246. The van der Waals surface area contributed by atoms with E-state index < -0.39 is 6.10 Å². The highest BCUT2D eigenvalue weighted by atomic mass is 16.5. The van der Waals surface area contributed by atoms with Gasteiger partial charge in [0.05, 0.1) is 0 Å². The van der Waals surface area contributed by atoms with Crippen molar-refractivity contribution in [1.82, 2.24) is 5.32 Å². The van der Waals surface area contributed by atoms with Gasteiger partial charge < -0.3 is 15.2 Å². The molecule has 0 aliphatic rings. The molecule has 0 saturated carbocycles. The van der Waals surface area contributed by atoms with Crippen molar-refractivity contribution in [3.63, 3.8) is 0 Å². The Morgan fingerprint density at radius 3 is 1.92 bits per heavy atom. The first kappa shape index (κ1) is 17.2. The fraction of sp³-hybridized carbons (Fsp3) is 0.182. The summed E-state index contributed by atoms with van der Waals surface area (Å²) >= 11 is 0. The van der Waals surface area contributed by atoms with Gasteiger partial charge >= 0.3 is 0 Å². The molecule has 0 heterocycles. The van der Waals surface area contributed by atoms with E-state index in [2.05, 4.69) is 17.4 Å². The zero-order chi connectivity index (χ0) is 17.3. The Bertz CT molecular complexity index is 742. The zero-order valence-electron chi connectivity index (χ0n) is 14.1. The fourth-order valence-corrected chi connectivity index (χ4v) is 2.60. The van der Waals surface area contributed by atoms with Crippen LogP contribution in [0.4, 0.5) is 0 Å². The smallest absolute Gasteiger partial charge is 0.119 e. The molecule has 0 aromatic heterocycles. The predicted octanol–water partition coefficient (Wildman–Crippen LogP) is 4.09. The Morgan fingerprint density at radius 2 is 1.28 bits per heavy atom. The van der Waals surface area contributed by atoms with Crippen molar-refractivity contribution < 1.29 is 9.84 Å². The van der Waals surface area contributed by atoms with Crippen LogP contribution >= 0.6 is 0 Å². The molecule has 3 aromatic rings. The normalized spacial score (nSPS) is 11.9. The molecular weight excluding hydrogens is 310 g/mol. The average molecular weight is 333 g/mol. The summed E-state index contributed by atoms with van der Waals surface area (Å²) in [5, 5.41) is 13.6. The van der Waals surface area contributed by atoms with Crippen LogP contribution in [0, 0.1) is 0 Å². The van der Waals surface area contributed by atoms with Gasteiger partial charge in [-0.1, -0.05) is 72.8 Å². The van der Waals surface area contributed by atoms with Gasteiger partial charge in [-0.05, 0) is 28.8 Å². The molecule has 3 aromatic carbocycles. The van der Waals surface area contributed by atoms with Crippen LogP contribution in [0.2, 0.25) is 0 Å². The maximum Gasteiger partial charge on any atom is 0.119 e. The molecule has 3 nitrogen and oxygen atoms in total. The van der Waals surface area contributed by atoms with Crippen LogP contribution in [-0.2, 0) is 13.1 Å². The van der Waals surface area contributed by atoms with Crippen LogP contribution in [0.1, 0.15) is 22.8 Å². The van der Waals surface area contributed by atoms with Crippen molar-refractivity contribution in [2.75, 3.05) is 6.61 Å². The molecule has 0 amide bonds. The number of hydrogen-bond donors (Lipinski definition) is 2. The third-order valence-corrected chi connectivity index (χ3v) is 4.02. The van der Waals surface area contributed by atoms with Crippen LogP contribution in [0.25, 0.3) is 0 Å². The molecular formula is C22H23NO2. The number of ether oxygens (including phenoxy) is 1. The van der Waals surface area contributed by atoms with E-state index in [9.17, 15) is 5.11 Å². The molecule has 0 aliphatic heterocycles. The Balaban J connectivity index is 1.44. The molecule has 3 heteroatoms. The van der Waals surface area contributed by atoms with Gasteiger partial charge in [0, 0.05) is 13.1 Å². The first-order chi connectivity index (χ1) is 12.3. The Morgan fingerprint density at radius 1 is 0.720 bits per heavy atom. The SMILES string of the molecule is OC(COc1ccc(CNCc2ccccc2)cc1)c1ccccc1. The second-order valence-electron chi connectivity index (χ2n) is 5.97. The van der Waals surface area contributed by atoms with Gasteiger partial charge in [-0.25, -0.2) is 0 Å². The lowest BCUT2D eigenvalue weighted by Gasteiger charge is -2.13. The molecule has 0 radical (unpaired) electrons. The van der Waals surface area contributed by atoms with Gasteiger partial charge in [0.15, 0.2) is 0 Å². The highest BCUT2D eigenvalue weighted by molar-refractivity contribution is 5.27. The number of aliphatic hydroxyl groups is 1. The van der Waals surface area contributed by atoms with Crippen LogP contribution < -0.4 is 10.1 Å². The molecule has 2 N–H and O–H groups in total. The van der Waals surface area contributed by atoms with Crippen molar-refractivity contribution in [3.8, 4) is 5.75 Å². The lowest BCUT2D eigenvalue weighted by molar-refractivity contribution is 0.108. The summed E-state index contributed by atoms with van der Waals surface area (Å²) < 4.78 is 5.68. The van der Waals surface area contributed by atoms with Gasteiger partial charge in [-0.3, -0.25) is 0 Å². The monoisotopic (exact) mass is 333 g/mol. The van der Waals surface area contributed by atoms with Gasteiger partial charge in [0.25, 0.3) is 0 Å². The quantitative estimate of drug-likeness (QED) is 0.652. The van der Waals surface area contributed by atoms with E-state index in [-0.39, 0.29) is 6.61 Å². The number of nitrogens with one attached hydrogen (secondary N) is 1. The van der Waals surface area contributed by atoms with Crippen molar-refractivity contribution in [2.24, 2.45) is 0 Å². The Kier molecular flexibility index (Phi) is 6.21. The van der Waals surface area contributed by atoms with E-state index in [0.29, 0.717) is 0 Å². The molecule has 0 fully saturated rings. The Hall–Kier alpha value is -2.62. The first-order valence-corrected chi connectivity index (χ1v) is 8.50. The standard InChI is InChI=1S/C22H23NO2/c24-22(20-9-5-2-6-10-20)17-25-21-13-11-19(12-14-21)16-23-15-18-7-3-1-4-8-18/h1-14,22-24H,15-17H2. The number of aliphatic hydroxyl groups excluding tert-OH is 1. The minimum atomic E-state index is -0.617. The molecule has 0 saturated heterocycles. The Labute approximate surface area is 148 Å². The summed E-state index contributed by atoms with van der Waals surface area (Å²) in [6.07, 6.45) is -0.617. The minimum Gasteiger partial charge on any atom is -0.491 e. The maximum atomic E-state index is 10.1. The average Bonchev–Trinajstić information content (AvgIpc) is 2.68. The molecule has 3 rings (SSSR count). The summed E-state index contributed by atoms with van der Waals surface area (Å²) in [5.74, 6) is 0.766. The summed E-state index contributed by atoms with van der Waals surface area (Å²) in [4.78, 5) is 0. The van der Waals surface area contributed by atoms with E-state index >= 15 is 0 Å². The molecule has 1 atom stereocenters. The molecule has 0 bridgehead atoms. The van der Waals surface area contributed by atoms with Crippen LogP contribution in [0.5, 0.6) is 5.75 Å². The third kappa shape index (κ3) is 5.45. The summed E-state index contributed by atoms with van der Waals surface area (Å²) in [6, 6.07) is 27.9. The third-order valence-electron chi connectivity index (χ3n) is 4.02. The van der Waals surface area contributed by atoms with E-state index in [1.807, 2.05) is 72.8 Å². The van der Waals surface area contributed by atoms with Crippen LogP contribution in [0.15, 0.2) is 84.9 Å². The molecule has 0 aliphatic carbocycles. The highest BCUT2D eigenvalue weighted by Crippen LogP contribution is 2.17. The van der Waals surface area contributed by atoms with Crippen molar-refractivity contribution in [1.29, 1.82) is 0 Å². The van der Waals surface area contributed by atoms with Crippen LogP contribution in [-0.4, -0.2) is 11.7 Å². The van der Waals surface area contributed by atoms with E-state index in [1.165, 1.54) is 11.1 Å². The maximum absolute atomic E-state index is 10.1. The van der Waals surface area contributed by atoms with Crippen molar-refractivity contribution >= 4 is 0 Å². The number of benzene rings is 3. The molecule has 128 valence electrons. The van der Waals surface area contributed by atoms with E-state index in [0.717, 1.165) is 24.4 Å². The zero-order valence-corrected chi connectivity index (χ0v) is 14.1. The molecule has 0 spiro atoms. The summed E-state index contributed by atoms with van der Waals surface area (Å²) in [6.45, 7) is 1.90. The highest BCUT2D eigenvalue weighted by Gasteiger charge is 2.07. The summed E-state index contributed by atoms with van der Waals surface area (Å²) in [7, 11) is 0. The molecule has 25 heavy (non-hydrogen) atoms. The molecule has 1 unspecified atom stereocenters. The van der Waals surface area contributed by atoms with E-state index in [4.69, 9.17) is 4.74 Å². The van der Waals surface area contributed by atoms with E-state index in [1.54, 1.807) is 0 Å². The van der Waals surface area contributed by atoms with Gasteiger partial charge in [-0.2, -0.15) is 0 Å². The number of rotatable bonds is 8. The second kappa shape index (κ2) is 9.02. The van der Waals surface area contributed by atoms with Gasteiger partial charge in [0.2, 0.25) is 0 Å². The second-order valence-corrected chi connectivity index (χ2v) is 5.97. The van der Waals surface area contributed by atoms with Crippen molar-refractivity contribution in [3.05, 3.63) is 102 Å². The van der Waals surface area contributed by atoms with Crippen LogP contribution in [0.3, 0.4) is 0 Å². The lowest BCUT2D eigenvalue weighted by Crippen LogP contribution is -2.12. The van der Waals surface area contributed by atoms with Gasteiger partial charge in [0.1, 0.15) is 18.5 Å². The predicted molar refractivity (Wildman–Crippen MR) is 100 cm³/mol. The summed E-state index contributed by atoms with van der Waals surface area (Å²) in [5.41, 5.74) is 3.34. The van der Waals surface area contributed by atoms with Gasteiger partial charge in [-0.15, -0.1) is 0 Å². The largest absolute Gasteiger partial charge is 0.491 e. The lowest BCUT2D eigenvalue weighted by atomic mass is 10.1. The first-order valence-electron chi connectivity index (χ1n) is 8.50.